The number of rotatable bonds is 2. The Bertz CT molecular complexity index is 422. The summed E-state index contributed by atoms with van der Waals surface area (Å²) in [5.41, 5.74) is 0.939. The standard InChI is InChI=1S/C13H14O4/c1-9(14)16-11-7-5-10(6-8-11)12-3-2-4-13(15)17-12/h5-8,12H,2-4H2,1H3. The molecule has 4 nitrogen and oxygen atoms in total. The molecule has 17 heavy (non-hydrogen) atoms. The Labute approximate surface area is 99.5 Å². The van der Waals surface area contributed by atoms with Crippen molar-refractivity contribution in [2.45, 2.75) is 32.3 Å². The summed E-state index contributed by atoms with van der Waals surface area (Å²) in [5, 5.41) is 0. The molecule has 1 unspecified atom stereocenters. The maximum atomic E-state index is 11.2. The van der Waals surface area contributed by atoms with Crippen molar-refractivity contribution < 1.29 is 19.1 Å². The van der Waals surface area contributed by atoms with Gasteiger partial charge in [-0.2, -0.15) is 0 Å². The number of hydrogen-bond donors (Lipinski definition) is 0. The van der Waals surface area contributed by atoms with E-state index in [0.29, 0.717) is 12.2 Å². The van der Waals surface area contributed by atoms with Crippen LogP contribution in [0.4, 0.5) is 0 Å². The molecule has 90 valence electrons. The predicted octanol–water partition coefficient (Wildman–Crippen LogP) is 2.38. The van der Waals surface area contributed by atoms with E-state index in [1.54, 1.807) is 12.1 Å². The average Bonchev–Trinajstić information content (AvgIpc) is 2.29. The summed E-state index contributed by atoms with van der Waals surface area (Å²) in [6.45, 7) is 1.36. The van der Waals surface area contributed by atoms with Gasteiger partial charge in [0.1, 0.15) is 11.9 Å². The third kappa shape index (κ3) is 3.06. The fraction of sp³-hybridized carbons (Fsp3) is 0.385. The summed E-state index contributed by atoms with van der Waals surface area (Å²) in [6, 6.07) is 7.06. The second-order valence-electron chi connectivity index (χ2n) is 4.03. The van der Waals surface area contributed by atoms with Gasteiger partial charge in [-0.05, 0) is 30.5 Å². The van der Waals surface area contributed by atoms with Crippen molar-refractivity contribution in [3.8, 4) is 5.75 Å². The lowest BCUT2D eigenvalue weighted by atomic mass is 10.0. The summed E-state index contributed by atoms with van der Waals surface area (Å²) in [7, 11) is 0. The van der Waals surface area contributed by atoms with Gasteiger partial charge in [0.2, 0.25) is 0 Å². The van der Waals surface area contributed by atoms with E-state index in [1.165, 1.54) is 6.92 Å². The van der Waals surface area contributed by atoms with Crippen LogP contribution in [0.3, 0.4) is 0 Å². The van der Waals surface area contributed by atoms with Gasteiger partial charge < -0.3 is 9.47 Å². The molecule has 1 saturated heterocycles. The smallest absolute Gasteiger partial charge is 0.308 e. The molecule has 0 saturated carbocycles. The van der Waals surface area contributed by atoms with Crippen molar-refractivity contribution in [1.82, 2.24) is 0 Å². The lowest BCUT2D eigenvalue weighted by Crippen LogP contribution is -2.16. The fourth-order valence-electron chi connectivity index (χ4n) is 1.86. The van der Waals surface area contributed by atoms with Gasteiger partial charge in [-0.1, -0.05) is 12.1 Å². The van der Waals surface area contributed by atoms with Crippen molar-refractivity contribution in [2.24, 2.45) is 0 Å². The Morgan fingerprint density at radius 1 is 1.35 bits per heavy atom. The number of benzene rings is 1. The van der Waals surface area contributed by atoms with E-state index in [-0.39, 0.29) is 18.0 Å². The van der Waals surface area contributed by atoms with Crippen LogP contribution in [0.25, 0.3) is 0 Å². The van der Waals surface area contributed by atoms with E-state index in [4.69, 9.17) is 9.47 Å². The molecule has 1 aromatic carbocycles. The summed E-state index contributed by atoms with van der Waals surface area (Å²) in [4.78, 5) is 21.9. The average molecular weight is 234 g/mol. The van der Waals surface area contributed by atoms with Crippen LogP contribution >= 0.6 is 0 Å². The van der Waals surface area contributed by atoms with Crippen molar-refractivity contribution in [3.63, 3.8) is 0 Å². The highest BCUT2D eigenvalue weighted by atomic mass is 16.5. The first kappa shape index (κ1) is 11.6. The van der Waals surface area contributed by atoms with Gasteiger partial charge in [-0.25, -0.2) is 0 Å². The molecule has 0 amide bonds. The molecule has 4 heteroatoms. The SMILES string of the molecule is CC(=O)Oc1ccc(C2CCCC(=O)O2)cc1. The van der Waals surface area contributed by atoms with Crippen molar-refractivity contribution >= 4 is 11.9 Å². The van der Waals surface area contributed by atoms with Gasteiger partial charge in [0.15, 0.2) is 0 Å². The van der Waals surface area contributed by atoms with Crippen LogP contribution in [0.1, 0.15) is 37.9 Å². The Morgan fingerprint density at radius 3 is 2.65 bits per heavy atom. The van der Waals surface area contributed by atoms with Gasteiger partial charge in [-0.3, -0.25) is 9.59 Å². The third-order valence-electron chi connectivity index (χ3n) is 2.63. The number of ether oxygens (including phenoxy) is 2. The second-order valence-corrected chi connectivity index (χ2v) is 4.03. The van der Waals surface area contributed by atoms with E-state index in [1.807, 2.05) is 12.1 Å². The number of cyclic esters (lactones) is 1. The molecule has 1 aliphatic heterocycles. The normalized spacial score (nSPS) is 19.6. The first-order valence-corrected chi connectivity index (χ1v) is 5.63. The molecule has 0 spiro atoms. The highest BCUT2D eigenvalue weighted by molar-refractivity contribution is 5.70. The first-order valence-electron chi connectivity index (χ1n) is 5.63. The fourth-order valence-corrected chi connectivity index (χ4v) is 1.86. The van der Waals surface area contributed by atoms with Crippen molar-refractivity contribution in [2.75, 3.05) is 0 Å². The highest BCUT2D eigenvalue weighted by Crippen LogP contribution is 2.29. The van der Waals surface area contributed by atoms with Gasteiger partial charge >= 0.3 is 11.9 Å². The monoisotopic (exact) mass is 234 g/mol. The van der Waals surface area contributed by atoms with Crippen LogP contribution in [-0.4, -0.2) is 11.9 Å². The molecular weight excluding hydrogens is 220 g/mol. The molecule has 0 aliphatic carbocycles. The van der Waals surface area contributed by atoms with Crippen molar-refractivity contribution in [1.29, 1.82) is 0 Å². The van der Waals surface area contributed by atoms with Crippen LogP contribution in [0, 0.1) is 0 Å². The van der Waals surface area contributed by atoms with E-state index in [0.717, 1.165) is 18.4 Å². The maximum Gasteiger partial charge on any atom is 0.308 e. The van der Waals surface area contributed by atoms with E-state index >= 15 is 0 Å². The lowest BCUT2D eigenvalue weighted by Gasteiger charge is -2.22. The highest BCUT2D eigenvalue weighted by Gasteiger charge is 2.21. The largest absolute Gasteiger partial charge is 0.457 e. The van der Waals surface area contributed by atoms with E-state index in [2.05, 4.69) is 0 Å². The minimum Gasteiger partial charge on any atom is -0.457 e. The maximum absolute atomic E-state index is 11.2. The minimum atomic E-state index is -0.346. The van der Waals surface area contributed by atoms with Gasteiger partial charge in [0.05, 0.1) is 0 Å². The molecule has 0 radical (unpaired) electrons. The van der Waals surface area contributed by atoms with Gasteiger partial charge in [0, 0.05) is 13.3 Å². The number of esters is 2. The predicted molar refractivity (Wildman–Crippen MR) is 60.4 cm³/mol. The number of hydrogen-bond acceptors (Lipinski definition) is 4. The summed E-state index contributed by atoms with van der Waals surface area (Å²) in [6.07, 6.45) is 2.04. The number of carbonyl (C=O) groups excluding carboxylic acids is 2. The van der Waals surface area contributed by atoms with E-state index in [9.17, 15) is 9.59 Å². The van der Waals surface area contributed by atoms with Crippen molar-refractivity contribution in [3.05, 3.63) is 29.8 Å². The Morgan fingerprint density at radius 2 is 2.06 bits per heavy atom. The topological polar surface area (TPSA) is 52.6 Å². The molecule has 1 aromatic rings. The van der Waals surface area contributed by atoms with Crippen LogP contribution in [-0.2, 0) is 14.3 Å². The third-order valence-corrected chi connectivity index (χ3v) is 2.63. The van der Waals surface area contributed by atoms with Crippen LogP contribution in [0.2, 0.25) is 0 Å². The summed E-state index contributed by atoms with van der Waals surface area (Å²) >= 11 is 0. The molecule has 1 aliphatic rings. The molecule has 1 fully saturated rings. The Hall–Kier alpha value is -1.84. The van der Waals surface area contributed by atoms with Crippen LogP contribution in [0.5, 0.6) is 5.75 Å². The van der Waals surface area contributed by atoms with Crippen LogP contribution in [0.15, 0.2) is 24.3 Å². The first-order chi connectivity index (χ1) is 8.15. The minimum absolute atomic E-state index is 0.148. The quantitative estimate of drug-likeness (QED) is 0.582. The lowest BCUT2D eigenvalue weighted by molar-refractivity contribution is -0.154. The van der Waals surface area contributed by atoms with Crippen LogP contribution < -0.4 is 4.74 Å². The molecule has 2 rings (SSSR count). The van der Waals surface area contributed by atoms with Gasteiger partial charge in [-0.15, -0.1) is 0 Å². The summed E-state index contributed by atoms with van der Waals surface area (Å²) in [5.74, 6) is 0.00976. The molecule has 1 heterocycles. The summed E-state index contributed by atoms with van der Waals surface area (Å²) < 4.78 is 10.2. The van der Waals surface area contributed by atoms with Gasteiger partial charge in [0.25, 0.3) is 0 Å². The zero-order chi connectivity index (χ0) is 12.3. The number of carbonyl (C=O) groups is 2. The molecular formula is C13H14O4. The zero-order valence-electron chi connectivity index (χ0n) is 9.64. The second kappa shape index (κ2) is 4.99. The van der Waals surface area contributed by atoms with E-state index < -0.39 is 0 Å². The molecule has 0 bridgehead atoms. The Balaban J connectivity index is 2.06. The molecule has 0 aromatic heterocycles. The zero-order valence-corrected chi connectivity index (χ0v) is 9.64. The molecule has 0 N–H and O–H groups in total. The Kier molecular flexibility index (Phi) is 3.42. The molecule has 1 atom stereocenters.